The van der Waals surface area contributed by atoms with E-state index in [9.17, 15) is 0 Å². The molecular weight excluding hydrogens is 210 g/mol. The lowest BCUT2D eigenvalue weighted by molar-refractivity contribution is 0.412. The quantitative estimate of drug-likeness (QED) is 0.695. The van der Waals surface area contributed by atoms with Crippen LogP contribution in [-0.4, -0.2) is 7.11 Å². The summed E-state index contributed by atoms with van der Waals surface area (Å²) in [5.74, 6) is 0.869. The molecule has 0 aliphatic carbocycles. The number of hydrogen-bond acceptors (Lipinski definition) is 1. The molecule has 0 N–H and O–H groups in total. The first-order valence-electron chi connectivity index (χ1n) is 5.37. The summed E-state index contributed by atoms with van der Waals surface area (Å²) in [6, 6.07) is 13.6. The maximum Gasteiger partial charge on any atom is 0.194 e. The number of hydrogen-bond donors (Lipinski definition) is 0. The third-order valence-electron chi connectivity index (χ3n) is 2.73. The second kappa shape index (κ2) is 4.71. The smallest absolute Gasteiger partial charge is 0.194 e. The van der Waals surface area contributed by atoms with E-state index in [0.29, 0.717) is 5.69 Å². The van der Waals surface area contributed by atoms with E-state index in [2.05, 4.69) is 4.85 Å². The van der Waals surface area contributed by atoms with Gasteiger partial charge in [0.05, 0.1) is 13.7 Å². The van der Waals surface area contributed by atoms with Crippen molar-refractivity contribution >= 4 is 5.69 Å². The van der Waals surface area contributed by atoms with Crippen molar-refractivity contribution < 1.29 is 4.74 Å². The second-order valence-electron chi connectivity index (χ2n) is 3.81. The summed E-state index contributed by atoms with van der Waals surface area (Å²) in [4.78, 5) is 3.54. The molecule has 2 heteroatoms. The standard InChI is InChI=1S/C15H13NO/c1-11-10-12(8-9-15(11)17-3)13-6-4-5-7-14(13)16-2/h4-10H,1,3H3. The lowest BCUT2D eigenvalue weighted by Crippen LogP contribution is -1.87. The Kier molecular flexibility index (Phi) is 3.11. The Hall–Kier alpha value is -2.27. The molecule has 0 heterocycles. The molecule has 2 aromatic carbocycles. The fraction of sp³-hybridized carbons (Fsp3) is 0.133. The van der Waals surface area contributed by atoms with Gasteiger partial charge in [-0.05, 0) is 35.7 Å². The van der Waals surface area contributed by atoms with Crippen molar-refractivity contribution in [3.63, 3.8) is 0 Å². The van der Waals surface area contributed by atoms with Crippen molar-refractivity contribution in [1.82, 2.24) is 0 Å². The fourth-order valence-electron chi connectivity index (χ4n) is 1.86. The van der Waals surface area contributed by atoms with E-state index in [1.54, 1.807) is 7.11 Å². The van der Waals surface area contributed by atoms with Crippen LogP contribution in [0, 0.1) is 13.5 Å². The third-order valence-corrected chi connectivity index (χ3v) is 2.73. The van der Waals surface area contributed by atoms with Crippen molar-refractivity contribution in [2.24, 2.45) is 0 Å². The van der Waals surface area contributed by atoms with Crippen molar-refractivity contribution in [3.05, 3.63) is 59.4 Å². The highest BCUT2D eigenvalue weighted by Crippen LogP contribution is 2.32. The number of rotatable bonds is 2. The minimum atomic E-state index is 0.678. The first-order valence-corrected chi connectivity index (χ1v) is 5.37. The Balaban J connectivity index is 2.54. The summed E-state index contributed by atoms with van der Waals surface area (Å²) in [7, 11) is 1.66. The monoisotopic (exact) mass is 223 g/mol. The Morgan fingerprint density at radius 2 is 1.88 bits per heavy atom. The van der Waals surface area contributed by atoms with Crippen molar-refractivity contribution in [2.75, 3.05) is 7.11 Å². The zero-order valence-electron chi connectivity index (χ0n) is 9.90. The van der Waals surface area contributed by atoms with E-state index in [1.165, 1.54) is 0 Å². The van der Waals surface area contributed by atoms with Gasteiger partial charge in [-0.3, -0.25) is 0 Å². The molecule has 0 saturated heterocycles. The molecule has 0 aromatic heterocycles. The van der Waals surface area contributed by atoms with Gasteiger partial charge >= 0.3 is 0 Å². The van der Waals surface area contributed by atoms with E-state index in [-0.39, 0.29) is 0 Å². The first kappa shape index (κ1) is 11.2. The van der Waals surface area contributed by atoms with Crippen LogP contribution in [0.1, 0.15) is 5.56 Å². The molecule has 84 valence electrons. The normalized spacial score (nSPS) is 9.71. The van der Waals surface area contributed by atoms with Crippen LogP contribution in [0.3, 0.4) is 0 Å². The molecule has 2 aromatic rings. The maximum atomic E-state index is 7.17. The van der Waals surface area contributed by atoms with E-state index in [4.69, 9.17) is 11.3 Å². The van der Waals surface area contributed by atoms with Gasteiger partial charge in [-0.2, -0.15) is 0 Å². The fourth-order valence-corrected chi connectivity index (χ4v) is 1.86. The highest BCUT2D eigenvalue weighted by molar-refractivity contribution is 5.79. The zero-order valence-corrected chi connectivity index (χ0v) is 9.90. The summed E-state index contributed by atoms with van der Waals surface area (Å²) in [6.45, 7) is 9.17. The van der Waals surface area contributed by atoms with E-state index < -0.39 is 0 Å². The zero-order chi connectivity index (χ0) is 12.3. The summed E-state index contributed by atoms with van der Waals surface area (Å²) in [5.41, 5.74) is 3.77. The summed E-state index contributed by atoms with van der Waals surface area (Å²) >= 11 is 0. The average molecular weight is 223 g/mol. The van der Waals surface area contributed by atoms with Crippen LogP contribution >= 0.6 is 0 Å². The van der Waals surface area contributed by atoms with Crippen LogP contribution in [0.2, 0.25) is 0 Å². The molecule has 17 heavy (non-hydrogen) atoms. The molecule has 2 rings (SSSR count). The van der Waals surface area contributed by atoms with Gasteiger partial charge in [0.1, 0.15) is 5.75 Å². The lowest BCUT2D eigenvalue weighted by atomic mass is 10.0. The van der Waals surface area contributed by atoms with Gasteiger partial charge in [-0.15, -0.1) is 0 Å². The van der Waals surface area contributed by atoms with Crippen molar-refractivity contribution in [1.29, 1.82) is 0 Å². The molecule has 0 fully saturated rings. The van der Waals surface area contributed by atoms with Crippen molar-refractivity contribution in [3.8, 4) is 16.9 Å². The second-order valence-corrected chi connectivity index (χ2v) is 3.81. The Morgan fingerprint density at radius 3 is 2.53 bits per heavy atom. The van der Waals surface area contributed by atoms with Gasteiger partial charge in [-0.25, -0.2) is 4.85 Å². The van der Waals surface area contributed by atoms with Gasteiger partial charge in [0.15, 0.2) is 5.69 Å². The summed E-state index contributed by atoms with van der Waals surface area (Å²) < 4.78 is 5.23. The molecule has 0 aliphatic rings. The van der Waals surface area contributed by atoms with Crippen molar-refractivity contribution in [2.45, 2.75) is 6.92 Å². The van der Waals surface area contributed by atoms with Crippen LogP contribution in [0.15, 0.2) is 42.5 Å². The van der Waals surface area contributed by atoms with Gasteiger partial charge in [0.25, 0.3) is 0 Å². The predicted molar refractivity (Wildman–Crippen MR) is 69.4 cm³/mol. The summed E-state index contributed by atoms with van der Waals surface area (Å²) in [6.07, 6.45) is 0. The van der Waals surface area contributed by atoms with E-state index in [0.717, 1.165) is 22.4 Å². The molecule has 0 saturated carbocycles. The summed E-state index contributed by atoms with van der Waals surface area (Å²) in [5, 5.41) is 0. The van der Waals surface area contributed by atoms with Crippen LogP contribution < -0.4 is 4.74 Å². The van der Waals surface area contributed by atoms with Gasteiger partial charge in [-0.1, -0.05) is 30.3 Å². The van der Waals surface area contributed by atoms with Gasteiger partial charge < -0.3 is 4.74 Å². The number of methoxy groups -OCH3 is 1. The average Bonchev–Trinajstić information content (AvgIpc) is 2.38. The van der Waals surface area contributed by atoms with E-state index >= 15 is 0 Å². The number of ether oxygens (including phenoxy) is 1. The highest BCUT2D eigenvalue weighted by Gasteiger charge is 2.06. The predicted octanol–water partition coefficient (Wildman–Crippen LogP) is 4.22. The topological polar surface area (TPSA) is 13.6 Å². The van der Waals surface area contributed by atoms with Gasteiger partial charge in [0.2, 0.25) is 0 Å². The Bertz CT molecular complexity index is 582. The van der Waals surface area contributed by atoms with Crippen LogP contribution in [-0.2, 0) is 0 Å². The van der Waals surface area contributed by atoms with Gasteiger partial charge in [0, 0.05) is 0 Å². The lowest BCUT2D eigenvalue weighted by Gasteiger charge is -2.08. The molecule has 0 spiro atoms. The number of benzene rings is 2. The molecule has 0 amide bonds. The minimum absolute atomic E-state index is 0.678. The molecule has 0 atom stereocenters. The van der Waals surface area contributed by atoms with Crippen LogP contribution in [0.4, 0.5) is 5.69 Å². The van der Waals surface area contributed by atoms with E-state index in [1.807, 2.05) is 49.4 Å². The third kappa shape index (κ3) is 2.14. The Morgan fingerprint density at radius 1 is 1.12 bits per heavy atom. The SMILES string of the molecule is [C-]#[N+]c1ccccc1-c1ccc(OC)c(C)c1. The Labute approximate surface area is 101 Å². The molecule has 0 unspecified atom stereocenters. The molecule has 0 radical (unpaired) electrons. The number of aryl methyl sites for hydroxylation is 1. The molecular formula is C15H13NO. The number of para-hydroxylation sites is 1. The number of nitrogens with zero attached hydrogens (tertiary/aromatic N) is 1. The van der Waals surface area contributed by atoms with Crippen LogP contribution in [0.5, 0.6) is 5.75 Å². The first-order chi connectivity index (χ1) is 8.26. The molecule has 0 aliphatic heterocycles. The molecule has 0 bridgehead atoms. The highest BCUT2D eigenvalue weighted by atomic mass is 16.5. The minimum Gasteiger partial charge on any atom is -0.496 e. The van der Waals surface area contributed by atoms with Crippen LogP contribution in [0.25, 0.3) is 16.0 Å². The molecule has 2 nitrogen and oxygen atoms in total. The largest absolute Gasteiger partial charge is 0.496 e. The maximum absolute atomic E-state index is 7.17.